The van der Waals surface area contributed by atoms with E-state index in [9.17, 15) is 9.59 Å². The zero-order valence-corrected chi connectivity index (χ0v) is 13.1. The van der Waals surface area contributed by atoms with E-state index in [1.807, 2.05) is 4.90 Å². The highest BCUT2D eigenvalue weighted by Crippen LogP contribution is 2.33. The van der Waals surface area contributed by atoms with Crippen molar-refractivity contribution in [1.82, 2.24) is 15.1 Å². The minimum atomic E-state index is -0.294. The van der Waals surface area contributed by atoms with E-state index in [-0.39, 0.29) is 11.3 Å². The monoisotopic (exact) mass is 296 g/mol. The van der Waals surface area contributed by atoms with Crippen LogP contribution in [0, 0.1) is 5.41 Å². The summed E-state index contributed by atoms with van der Waals surface area (Å²) < 4.78 is 0. The molecule has 2 saturated heterocycles. The second-order valence-corrected chi connectivity index (χ2v) is 6.35. The van der Waals surface area contributed by atoms with E-state index in [2.05, 4.69) is 17.1 Å². The van der Waals surface area contributed by atoms with E-state index in [0.717, 1.165) is 58.4 Å². The fourth-order valence-electron chi connectivity index (χ4n) is 3.61. The zero-order chi connectivity index (χ0) is 15.3. The Kier molecular flexibility index (Phi) is 5.58. The third-order valence-electron chi connectivity index (χ3n) is 4.68. The van der Waals surface area contributed by atoms with E-state index in [1.165, 1.54) is 0 Å². The van der Waals surface area contributed by atoms with Crippen LogP contribution in [0.25, 0.3) is 0 Å². The normalized spacial score (nSPS) is 27.6. The number of primary amides is 1. The van der Waals surface area contributed by atoms with Crippen molar-refractivity contribution in [3.63, 3.8) is 0 Å². The van der Waals surface area contributed by atoms with E-state index in [1.54, 1.807) is 0 Å². The van der Waals surface area contributed by atoms with Gasteiger partial charge >= 0.3 is 0 Å². The topological polar surface area (TPSA) is 78.7 Å². The highest BCUT2D eigenvalue weighted by molar-refractivity contribution is 5.83. The van der Waals surface area contributed by atoms with Gasteiger partial charge in [-0.1, -0.05) is 13.3 Å². The molecule has 2 amide bonds. The average Bonchev–Trinajstić information content (AvgIpc) is 2.79. The molecule has 0 spiro atoms. The molecule has 6 nitrogen and oxygen atoms in total. The maximum atomic E-state index is 13.0. The molecule has 2 fully saturated rings. The molecule has 1 unspecified atom stereocenters. The summed E-state index contributed by atoms with van der Waals surface area (Å²) in [7, 11) is 0. The van der Waals surface area contributed by atoms with Crippen LogP contribution in [-0.2, 0) is 9.59 Å². The molecule has 2 rings (SSSR count). The molecule has 0 aromatic carbocycles. The van der Waals surface area contributed by atoms with E-state index in [4.69, 9.17) is 5.73 Å². The van der Waals surface area contributed by atoms with Gasteiger partial charge in [-0.25, -0.2) is 0 Å². The maximum Gasteiger partial charge on any atom is 0.231 e. The minimum absolute atomic E-state index is 0.201. The summed E-state index contributed by atoms with van der Waals surface area (Å²) in [4.78, 5) is 28.1. The van der Waals surface area contributed by atoms with Gasteiger partial charge in [-0.2, -0.15) is 0 Å². The fourth-order valence-corrected chi connectivity index (χ4v) is 3.61. The molecule has 0 radical (unpaired) electrons. The number of nitrogens with two attached hydrogens (primary N) is 1. The standard InChI is InChI=1S/C15H28N4O2/c1-2-4-15(5-6-17-12-15)14(21)19-8-3-7-18(9-10-19)11-13(16)20/h17H,2-12H2,1H3,(H2,16,20). The number of nitrogens with zero attached hydrogens (tertiary/aromatic N) is 2. The Balaban J connectivity index is 1.97. The van der Waals surface area contributed by atoms with Gasteiger partial charge in [0.25, 0.3) is 0 Å². The minimum Gasteiger partial charge on any atom is -0.369 e. The molecule has 1 atom stereocenters. The first-order valence-corrected chi connectivity index (χ1v) is 8.08. The first kappa shape index (κ1) is 16.2. The van der Waals surface area contributed by atoms with E-state index < -0.39 is 0 Å². The molecule has 2 aliphatic heterocycles. The van der Waals surface area contributed by atoms with Crippen molar-refractivity contribution in [2.75, 3.05) is 45.8 Å². The lowest BCUT2D eigenvalue weighted by atomic mass is 9.81. The van der Waals surface area contributed by atoms with Gasteiger partial charge in [0.1, 0.15) is 0 Å². The van der Waals surface area contributed by atoms with Gasteiger partial charge in [0.15, 0.2) is 0 Å². The fraction of sp³-hybridized carbons (Fsp3) is 0.867. The van der Waals surface area contributed by atoms with E-state index >= 15 is 0 Å². The lowest BCUT2D eigenvalue weighted by molar-refractivity contribution is -0.141. The summed E-state index contributed by atoms with van der Waals surface area (Å²) in [5, 5.41) is 3.35. The molecule has 0 bridgehead atoms. The Morgan fingerprint density at radius 2 is 2.05 bits per heavy atom. The highest BCUT2D eigenvalue weighted by atomic mass is 16.2. The van der Waals surface area contributed by atoms with Crippen LogP contribution < -0.4 is 11.1 Å². The molecule has 21 heavy (non-hydrogen) atoms. The Morgan fingerprint density at radius 1 is 1.24 bits per heavy atom. The number of hydrogen-bond acceptors (Lipinski definition) is 4. The van der Waals surface area contributed by atoms with E-state index in [0.29, 0.717) is 19.0 Å². The van der Waals surface area contributed by atoms with Gasteiger partial charge in [0.05, 0.1) is 12.0 Å². The smallest absolute Gasteiger partial charge is 0.231 e. The third kappa shape index (κ3) is 3.95. The summed E-state index contributed by atoms with van der Waals surface area (Å²) in [6, 6.07) is 0. The van der Waals surface area contributed by atoms with Crippen molar-refractivity contribution in [2.24, 2.45) is 11.1 Å². The molecule has 0 aliphatic carbocycles. The van der Waals surface area contributed by atoms with Crippen LogP contribution in [0.1, 0.15) is 32.6 Å². The SMILES string of the molecule is CCCC1(C(=O)N2CCCN(CC(N)=O)CC2)CCNC1. The predicted octanol–water partition coefficient (Wildman–Crippen LogP) is -0.214. The van der Waals surface area contributed by atoms with Gasteiger partial charge in [-0.05, 0) is 25.8 Å². The second-order valence-electron chi connectivity index (χ2n) is 6.35. The summed E-state index contributed by atoms with van der Waals surface area (Å²) in [5.41, 5.74) is 5.06. The molecular formula is C15H28N4O2. The maximum absolute atomic E-state index is 13.0. The van der Waals surface area contributed by atoms with Crippen LogP contribution in [0.3, 0.4) is 0 Å². The van der Waals surface area contributed by atoms with Gasteiger partial charge in [0.2, 0.25) is 11.8 Å². The second kappa shape index (κ2) is 7.22. The van der Waals surface area contributed by atoms with Crippen LogP contribution >= 0.6 is 0 Å². The molecule has 0 saturated carbocycles. The molecule has 6 heteroatoms. The number of carbonyl (C=O) groups excluding carboxylic acids is 2. The Hall–Kier alpha value is -1.14. The van der Waals surface area contributed by atoms with Gasteiger partial charge < -0.3 is 16.0 Å². The zero-order valence-electron chi connectivity index (χ0n) is 13.1. The van der Waals surface area contributed by atoms with Gasteiger partial charge in [-0.3, -0.25) is 14.5 Å². The lowest BCUT2D eigenvalue weighted by Gasteiger charge is -2.33. The summed E-state index contributed by atoms with van der Waals surface area (Å²) in [6.45, 7) is 7.26. The Morgan fingerprint density at radius 3 is 2.67 bits per heavy atom. The van der Waals surface area contributed by atoms with Crippen molar-refractivity contribution < 1.29 is 9.59 Å². The quantitative estimate of drug-likeness (QED) is 0.735. The first-order chi connectivity index (χ1) is 10.1. The number of rotatable bonds is 5. The number of nitrogens with one attached hydrogen (secondary N) is 1. The Labute approximate surface area is 127 Å². The van der Waals surface area contributed by atoms with Crippen molar-refractivity contribution in [2.45, 2.75) is 32.6 Å². The van der Waals surface area contributed by atoms with Crippen LogP contribution in [0.15, 0.2) is 0 Å². The molecule has 0 aromatic rings. The first-order valence-electron chi connectivity index (χ1n) is 8.08. The largest absolute Gasteiger partial charge is 0.369 e. The van der Waals surface area contributed by atoms with Crippen LogP contribution in [0.4, 0.5) is 0 Å². The van der Waals surface area contributed by atoms with Crippen LogP contribution in [0.5, 0.6) is 0 Å². The molecule has 3 N–H and O–H groups in total. The molecular weight excluding hydrogens is 268 g/mol. The van der Waals surface area contributed by atoms with Gasteiger partial charge in [0, 0.05) is 32.7 Å². The molecule has 120 valence electrons. The van der Waals surface area contributed by atoms with Gasteiger partial charge in [-0.15, -0.1) is 0 Å². The Bertz CT molecular complexity index is 380. The summed E-state index contributed by atoms with van der Waals surface area (Å²) in [5.74, 6) is 0.00694. The molecule has 0 aromatic heterocycles. The average molecular weight is 296 g/mol. The molecule has 2 heterocycles. The van der Waals surface area contributed by atoms with Crippen LogP contribution in [0.2, 0.25) is 0 Å². The van der Waals surface area contributed by atoms with Crippen LogP contribution in [-0.4, -0.2) is 67.4 Å². The summed E-state index contributed by atoms with van der Waals surface area (Å²) in [6.07, 6.45) is 3.85. The third-order valence-corrected chi connectivity index (χ3v) is 4.68. The number of carbonyl (C=O) groups is 2. The predicted molar refractivity (Wildman–Crippen MR) is 81.7 cm³/mol. The van der Waals surface area contributed by atoms with Crippen molar-refractivity contribution in [3.05, 3.63) is 0 Å². The van der Waals surface area contributed by atoms with Crippen molar-refractivity contribution in [1.29, 1.82) is 0 Å². The summed E-state index contributed by atoms with van der Waals surface area (Å²) >= 11 is 0. The van der Waals surface area contributed by atoms with Crippen molar-refractivity contribution >= 4 is 11.8 Å². The number of amides is 2. The number of hydrogen-bond donors (Lipinski definition) is 2. The lowest BCUT2D eigenvalue weighted by Crippen LogP contribution is -2.47. The molecule has 2 aliphatic rings. The highest BCUT2D eigenvalue weighted by Gasteiger charge is 2.42. The van der Waals surface area contributed by atoms with Crippen molar-refractivity contribution in [3.8, 4) is 0 Å².